The third-order valence-corrected chi connectivity index (χ3v) is 3.66. The van der Waals surface area contributed by atoms with Gasteiger partial charge >= 0.3 is 0 Å². The Hall–Kier alpha value is -0.570. The van der Waals surface area contributed by atoms with Gasteiger partial charge in [-0.25, -0.2) is 0 Å². The van der Waals surface area contributed by atoms with Crippen molar-refractivity contribution in [3.63, 3.8) is 0 Å². The average molecular weight is 240 g/mol. The molecule has 1 aliphatic rings. The number of benzene rings is 1. The number of aliphatic hydroxyl groups excluding tert-OH is 1. The molecule has 1 unspecified atom stereocenters. The van der Waals surface area contributed by atoms with E-state index in [1.165, 1.54) is 5.56 Å². The Morgan fingerprint density at radius 1 is 1.38 bits per heavy atom. The topological polar surface area (TPSA) is 32.3 Å². The molecule has 0 amide bonds. The highest BCUT2D eigenvalue weighted by Crippen LogP contribution is 2.31. The monoisotopic (exact) mass is 239 g/mol. The fraction of sp³-hybridized carbons (Fsp3) is 0.538. The van der Waals surface area contributed by atoms with Crippen LogP contribution in [0.4, 0.5) is 0 Å². The number of aliphatic hydroxyl groups is 1. The van der Waals surface area contributed by atoms with Gasteiger partial charge in [0.2, 0.25) is 0 Å². The molecule has 2 nitrogen and oxygen atoms in total. The molecule has 1 atom stereocenters. The van der Waals surface area contributed by atoms with Crippen LogP contribution >= 0.6 is 11.6 Å². The summed E-state index contributed by atoms with van der Waals surface area (Å²) in [6, 6.07) is 7.88. The minimum Gasteiger partial charge on any atom is -0.396 e. The van der Waals surface area contributed by atoms with E-state index in [0.717, 1.165) is 31.0 Å². The van der Waals surface area contributed by atoms with Gasteiger partial charge in [0.05, 0.1) is 6.61 Å². The van der Waals surface area contributed by atoms with Gasteiger partial charge in [-0.1, -0.05) is 23.7 Å². The van der Waals surface area contributed by atoms with Crippen LogP contribution in [0.2, 0.25) is 5.02 Å². The first kappa shape index (κ1) is 11.9. The van der Waals surface area contributed by atoms with Crippen LogP contribution in [0, 0.1) is 5.92 Å². The van der Waals surface area contributed by atoms with Crippen LogP contribution in [-0.2, 0) is 0 Å². The molecule has 1 fully saturated rings. The standard InChI is InChI=1S/C13H18ClNO/c14-12-3-1-2-11(8-12)13(9-16)10-4-6-15-7-5-10/h1-3,8,10,13,15-16H,4-7,9H2. The molecule has 1 heterocycles. The molecule has 0 aromatic heterocycles. The second-order valence-corrected chi connectivity index (χ2v) is 4.87. The molecule has 1 aromatic rings. The van der Waals surface area contributed by atoms with E-state index < -0.39 is 0 Å². The molecule has 0 saturated carbocycles. The number of piperidine rings is 1. The number of halogens is 1. The highest BCUT2D eigenvalue weighted by atomic mass is 35.5. The van der Waals surface area contributed by atoms with Crippen molar-refractivity contribution in [2.45, 2.75) is 18.8 Å². The summed E-state index contributed by atoms with van der Waals surface area (Å²) >= 11 is 5.99. The number of rotatable bonds is 3. The molecule has 2 N–H and O–H groups in total. The molecule has 2 rings (SSSR count). The maximum atomic E-state index is 9.56. The van der Waals surface area contributed by atoms with Crippen LogP contribution in [0.5, 0.6) is 0 Å². The lowest BCUT2D eigenvalue weighted by Crippen LogP contribution is -2.32. The van der Waals surface area contributed by atoms with Crippen molar-refractivity contribution >= 4 is 11.6 Å². The summed E-state index contributed by atoms with van der Waals surface area (Å²) < 4.78 is 0. The molecular weight excluding hydrogens is 222 g/mol. The summed E-state index contributed by atoms with van der Waals surface area (Å²) in [6.45, 7) is 2.33. The van der Waals surface area contributed by atoms with Crippen LogP contribution < -0.4 is 5.32 Å². The Morgan fingerprint density at radius 2 is 2.12 bits per heavy atom. The molecule has 1 aliphatic heterocycles. The van der Waals surface area contributed by atoms with E-state index in [4.69, 9.17) is 11.6 Å². The minimum atomic E-state index is 0.213. The first-order chi connectivity index (χ1) is 7.81. The molecule has 16 heavy (non-hydrogen) atoms. The lowest BCUT2D eigenvalue weighted by molar-refractivity contribution is 0.201. The first-order valence-electron chi connectivity index (χ1n) is 5.88. The predicted molar refractivity (Wildman–Crippen MR) is 66.9 cm³/mol. The van der Waals surface area contributed by atoms with E-state index in [2.05, 4.69) is 11.4 Å². The van der Waals surface area contributed by atoms with E-state index in [1.54, 1.807) is 0 Å². The Balaban J connectivity index is 2.14. The smallest absolute Gasteiger partial charge is 0.0502 e. The van der Waals surface area contributed by atoms with Gasteiger partial charge in [-0.05, 0) is 49.5 Å². The molecule has 3 heteroatoms. The van der Waals surface area contributed by atoms with E-state index in [9.17, 15) is 5.11 Å². The second-order valence-electron chi connectivity index (χ2n) is 4.43. The van der Waals surface area contributed by atoms with Gasteiger partial charge in [0, 0.05) is 10.9 Å². The number of hydrogen-bond acceptors (Lipinski definition) is 2. The molecule has 1 saturated heterocycles. The van der Waals surface area contributed by atoms with Crippen LogP contribution in [0.15, 0.2) is 24.3 Å². The summed E-state index contributed by atoms with van der Waals surface area (Å²) in [4.78, 5) is 0. The SMILES string of the molecule is OCC(c1cccc(Cl)c1)C1CCNCC1. The van der Waals surface area contributed by atoms with Gasteiger partial charge in [0.25, 0.3) is 0 Å². The molecule has 0 spiro atoms. The maximum absolute atomic E-state index is 9.56. The van der Waals surface area contributed by atoms with Gasteiger partial charge in [-0.2, -0.15) is 0 Å². The quantitative estimate of drug-likeness (QED) is 0.849. The number of hydrogen-bond donors (Lipinski definition) is 2. The highest BCUT2D eigenvalue weighted by molar-refractivity contribution is 6.30. The first-order valence-corrected chi connectivity index (χ1v) is 6.26. The molecule has 0 radical (unpaired) electrons. The van der Waals surface area contributed by atoms with Crippen molar-refractivity contribution in [3.8, 4) is 0 Å². The van der Waals surface area contributed by atoms with Gasteiger partial charge in [-0.3, -0.25) is 0 Å². The zero-order valence-corrected chi connectivity index (χ0v) is 10.1. The van der Waals surface area contributed by atoms with Crippen LogP contribution in [0.3, 0.4) is 0 Å². The molecule has 88 valence electrons. The zero-order valence-electron chi connectivity index (χ0n) is 9.32. The second kappa shape index (κ2) is 5.67. The van der Waals surface area contributed by atoms with Crippen LogP contribution in [0.1, 0.15) is 24.3 Å². The third kappa shape index (κ3) is 2.76. The summed E-state index contributed by atoms with van der Waals surface area (Å²) in [5.41, 5.74) is 1.17. The summed E-state index contributed by atoms with van der Waals surface area (Å²) in [5, 5.41) is 13.7. The summed E-state index contributed by atoms with van der Waals surface area (Å²) in [5.74, 6) is 0.811. The molecule has 1 aromatic carbocycles. The van der Waals surface area contributed by atoms with Crippen molar-refractivity contribution in [2.75, 3.05) is 19.7 Å². The Bertz CT molecular complexity index is 336. The lowest BCUT2D eigenvalue weighted by Gasteiger charge is -2.29. The highest BCUT2D eigenvalue weighted by Gasteiger charge is 2.24. The van der Waals surface area contributed by atoms with Gasteiger partial charge < -0.3 is 10.4 Å². The van der Waals surface area contributed by atoms with Gasteiger partial charge in [0.15, 0.2) is 0 Å². The van der Waals surface area contributed by atoms with Gasteiger partial charge in [-0.15, -0.1) is 0 Å². The van der Waals surface area contributed by atoms with E-state index in [1.807, 2.05) is 18.2 Å². The van der Waals surface area contributed by atoms with Crippen molar-refractivity contribution in [1.82, 2.24) is 5.32 Å². The third-order valence-electron chi connectivity index (χ3n) is 3.43. The van der Waals surface area contributed by atoms with Crippen LogP contribution in [-0.4, -0.2) is 24.8 Å². The van der Waals surface area contributed by atoms with Crippen molar-refractivity contribution < 1.29 is 5.11 Å². The maximum Gasteiger partial charge on any atom is 0.0502 e. The van der Waals surface area contributed by atoms with E-state index >= 15 is 0 Å². The van der Waals surface area contributed by atoms with Crippen molar-refractivity contribution in [2.24, 2.45) is 5.92 Å². The zero-order chi connectivity index (χ0) is 11.4. The lowest BCUT2D eigenvalue weighted by atomic mass is 9.81. The molecule has 0 aliphatic carbocycles. The molecule has 0 bridgehead atoms. The van der Waals surface area contributed by atoms with E-state index in [-0.39, 0.29) is 12.5 Å². The fourth-order valence-corrected chi connectivity index (χ4v) is 2.71. The van der Waals surface area contributed by atoms with Crippen molar-refractivity contribution in [1.29, 1.82) is 0 Å². The Morgan fingerprint density at radius 3 is 2.75 bits per heavy atom. The minimum absolute atomic E-state index is 0.213. The Labute approximate surface area is 102 Å². The van der Waals surface area contributed by atoms with Gasteiger partial charge in [0.1, 0.15) is 0 Å². The molecular formula is C13H18ClNO. The summed E-state index contributed by atoms with van der Waals surface area (Å²) in [7, 11) is 0. The average Bonchev–Trinajstić information content (AvgIpc) is 2.31. The van der Waals surface area contributed by atoms with E-state index in [0.29, 0.717) is 5.92 Å². The summed E-state index contributed by atoms with van der Waals surface area (Å²) in [6.07, 6.45) is 2.27. The Kier molecular flexibility index (Phi) is 4.22. The normalized spacial score (nSPS) is 19.6. The van der Waals surface area contributed by atoms with Crippen LogP contribution in [0.25, 0.3) is 0 Å². The largest absolute Gasteiger partial charge is 0.396 e. The number of nitrogens with one attached hydrogen (secondary N) is 1. The van der Waals surface area contributed by atoms with Crippen molar-refractivity contribution in [3.05, 3.63) is 34.9 Å². The fourth-order valence-electron chi connectivity index (χ4n) is 2.51. The predicted octanol–water partition coefficient (Wildman–Crippen LogP) is 2.42.